The van der Waals surface area contributed by atoms with Crippen LogP contribution < -0.4 is 10.1 Å². The molecule has 1 aromatic rings. The lowest BCUT2D eigenvalue weighted by Gasteiger charge is -2.24. The number of hydrogen-bond donors (Lipinski definition) is 1. The van der Waals surface area contributed by atoms with E-state index < -0.39 is 0 Å². The van der Waals surface area contributed by atoms with Crippen molar-refractivity contribution in [1.82, 2.24) is 10.2 Å². The molecular weight excluding hydrogens is 272 g/mol. The van der Waals surface area contributed by atoms with E-state index in [-0.39, 0.29) is 0 Å². The van der Waals surface area contributed by atoms with Gasteiger partial charge in [-0.1, -0.05) is 18.2 Å². The second-order valence-corrected chi connectivity index (χ2v) is 7.52. The van der Waals surface area contributed by atoms with E-state index in [1.165, 1.54) is 70.3 Å². The molecule has 1 atom stereocenters. The Balaban J connectivity index is 1.42. The number of nitrogens with zero attached hydrogens (tertiary/aromatic N) is 1. The summed E-state index contributed by atoms with van der Waals surface area (Å²) in [5.41, 5.74) is 1.93. The highest BCUT2D eigenvalue weighted by molar-refractivity contribution is 5.33. The minimum Gasteiger partial charge on any atom is -0.490 e. The van der Waals surface area contributed by atoms with Gasteiger partial charge in [-0.2, -0.15) is 0 Å². The maximum Gasteiger partial charge on any atom is 0.124 e. The van der Waals surface area contributed by atoms with Crippen LogP contribution in [0.1, 0.15) is 44.1 Å². The molecule has 0 aromatic heterocycles. The Morgan fingerprint density at radius 3 is 2.86 bits per heavy atom. The van der Waals surface area contributed by atoms with Crippen LogP contribution in [0.3, 0.4) is 0 Å². The minimum absolute atomic E-state index is 0.449. The van der Waals surface area contributed by atoms with Crippen molar-refractivity contribution >= 4 is 0 Å². The summed E-state index contributed by atoms with van der Waals surface area (Å²) in [6.45, 7) is 5.95. The summed E-state index contributed by atoms with van der Waals surface area (Å²) < 4.78 is 6.29. The van der Waals surface area contributed by atoms with Gasteiger partial charge in [0.05, 0.1) is 6.10 Å². The van der Waals surface area contributed by atoms with Crippen molar-refractivity contribution < 1.29 is 4.74 Å². The van der Waals surface area contributed by atoms with Crippen molar-refractivity contribution in [3.63, 3.8) is 0 Å². The van der Waals surface area contributed by atoms with Crippen LogP contribution in [0.25, 0.3) is 0 Å². The fourth-order valence-corrected chi connectivity index (χ4v) is 4.48. The Bertz CT molecular complexity index is 504. The molecule has 2 saturated heterocycles. The van der Waals surface area contributed by atoms with Crippen molar-refractivity contribution in [3.8, 4) is 5.75 Å². The van der Waals surface area contributed by atoms with Gasteiger partial charge in [-0.15, -0.1) is 0 Å². The summed E-state index contributed by atoms with van der Waals surface area (Å²) in [6, 6.07) is 8.68. The lowest BCUT2D eigenvalue weighted by molar-refractivity contribution is 0.202. The van der Waals surface area contributed by atoms with E-state index in [0.29, 0.717) is 11.5 Å². The largest absolute Gasteiger partial charge is 0.490 e. The van der Waals surface area contributed by atoms with Crippen LogP contribution in [-0.4, -0.2) is 37.2 Å². The molecule has 0 bridgehead atoms. The predicted molar refractivity (Wildman–Crippen MR) is 89.1 cm³/mol. The summed E-state index contributed by atoms with van der Waals surface area (Å²) >= 11 is 0. The van der Waals surface area contributed by atoms with E-state index in [4.69, 9.17) is 4.74 Å². The zero-order valence-corrected chi connectivity index (χ0v) is 13.5. The first-order valence-corrected chi connectivity index (χ1v) is 9.01. The van der Waals surface area contributed by atoms with Crippen LogP contribution in [0, 0.1) is 5.41 Å². The number of nitrogens with one attached hydrogen (secondary N) is 1. The molecule has 2 heterocycles. The molecule has 1 aromatic carbocycles. The third kappa shape index (κ3) is 3.02. The van der Waals surface area contributed by atoms with Gasteiger partial charge < -0.3 is 10.1 Å². The molecule has 2 aliphatic heterocycles. The molecule has 4 rings (SSSR count). The lowest BCUT2D eigenvalue weighted by atomic mass is 9.86. The Kier molecular flexibility index (Phi) is 4.10. The van der Waals surface area contributed by atoms with Gasteiger partial charge in [-0.3, -0.25) is 4.90 Å². The molecule has 1 spiro atoms. The van der Waals surface area contributed by atoms with E-state index in [1.54, 1.807) is 0 Å². The number of para-hydroxylation sites is 1. The van der Waals surface area contributed by atoms with Crippen molar-refractivity contribution in [2.45, 2.75) is 51.2 Å². The molecule has 3 heteroatoms. The Morgan fingerprint density at radius 2 is 2.05 bits per heavy atom. The lowest BCUT2D eigenvalue weighted by Crippen LogP contribution is -2.29. The SMILES string of the molecule is c1ccc(OC2CCCC2)c(CN2CCC3(CCNC3)C2)c1. The summed E-state index contributed by atoms with van der Waals surface area (Å²) in [7, 11) is 0. The highest BCUT2D eigenvalue weighted by Crippen LogP contribution is 2.37. The average molecular weight is 300 g/mol. The molecule has 3 nitrogen and oxygen atoms in total. The fourth-order valence-electron chi connectivity index (χ4n) is 4.48. The van der Waals surface area contributed by atoms with Gasteiger partial charge in [0.1, 0.15) is 5.75 Å². The van der Waals surface area contributed by atoms with Crippen LogP contribution in [0.4, 0.5) is 0 Å². The van der Waals surface area contributed by atoms with Crippen LogP contribution in [0.15, 0.2) is 24.3 Å². The predicted octanol–water partition coefficient (Wildman–Crippen LogP) is 3.19. The summed E-state index contributed by atoms with van der Waals surface area (Å²) in [5.74, 6) is 1.12. The Morgan fingerprint density at radius 1 is 1.18 bits per heavy atom. The quantitative estimate of drug-likeness (QED) is 0.924. The van der Waals surface area contributed by atoms with E-state index in [9.17, 15) is 0 Å². The smallest absolute Gasteiger partial charge is 0.124 e. The first kappa shape index (κ1) is 14.5. The summed E-state index contributed by atoms with van der Waals surface area (Å²) in [6.07, 6.45) is 8.27. The molecule has 3 aliphatic rings. The van der Waals surface area contributed by atoms with E-state index in [2.05, 4.69) is 34.5 Å². The molecule has 3 fully saturated rings. The van der Waals surface area contributed by atoms with E-state index >= 15 is 0 Å². The summed E-state index contributed by atoms with van der Waals surface area (Å²) in [5, 5.41) is 3.55. The van der Waals surface area contributed by atoms with Crippen molar-refractivity contribution in [2.75, 3.05) is 26.2 Å². The molecule has 1 unspecified atom stereocenters. The highest BCUT2D eigenvalue weighted by atomic mass is 16.5. The number of benzene rings is 1. The topological polar surface area (TPSA) is 24.5 Å². The van der Waals surface area contributed by atoms with Gasteiger partial charge in [-0.05, 0) is 63.1 Å². The third-order valence-electron chi connectivity index (χ3n) is 5.81. The molecule has 1 saturated carbocycles. The molecule has 1 aliphatic carbocycles. The first-order valence-electron chi connectivity index (χ1n) is 9.01. The van der Waals surface area contributed by atoms with Gasteiger partial charge >= 0.3 is 0 Å². The minimum atomic E-state index is 0.449. The average Bonchev–Trinajstić information content (AvgIpc) is 3.26. The molecule has 22 heavy (non-hydrogen) atoms. The molecule has 120 valence electrons. The standard InChI is InChI=1S/C19H28N2O/c1-4-8-18(22-17-6-2-3-7-17)16(5-1)13-21-12-10-19(15-21)9-11-20-14-19/h1,4-5,8,17,20H,2-3,6-7,9-15H2. The highest BCUT2D eigenvalue weighted by Gasteiger charge is 2.40. The number of likely N-dealkylation sites (tertiary alicyclic amines) is 1. The Hall–Kier alpha value is -1.06. The molecule has 0 amide bonds. The Labute approximate surface area is 134 Å². The van der Waals surface area contributed by atoms with Crippen molar-refractivity contribution in [3.05, 3.63) is 29.8 Å². The number of ether oxygens (including phenoxy) is 1. The zero-order chi connectivity index (χ0) is 14.8. The maximum atomic E-state index is 6.29. The van der Waals surface area contributed by atoms with Gasteiger partial charge in [0.15, 0.2) is 0 Å². The van der Waals surface area contributed by atoms with Crippen LogP contribution in [0.2, 0.25) is 0 Å². The third-order valence-corrected chi connectivity index (χ3v) is 5.81. The first-order chi connectivity index (χ1) is 10.8. The maximum absolute atomic E-state index is 6.29. The molecule has 0 radical (unpaired) electrons. The van der Waals surface area contributed by atoms with Gasteiger partial charge in [-0.25, -0.2) is 0 Å². The normalized spacial score (nSPS) is 29.6. The monoisotopic (exact) mass is 300 g/mol. The van der Waals surface area contributed by atoms with Gasteiger partial charge in [0, 0.05) is 25.2 Å². The van der Waals surface area contributed by atoms with Crippen molar-refractivity contribution in [2.24, 2.45) is 5.41 Å². The van der Waals surface area contributed by atoms with E-state index in [1.807, 2.05) is 0 Å². The van der Waals surface area contributed by atoms with Gasteiger partial charge in [0.2, 0.25) is 0 Å². The van der Waals surface area contributed by atoms with Crippen LogP contribution in [-0.2, 0) is 6.54 Å². The summed E-state index contributed by atoms with van der Waals surface area (Å²) in [4.78, 5) is 2.63. The second kappa shape index (κ2) is 6.21. The zero-order valence-electron chi connectivity index (χ0n) is 13.5. The van der Waals surface area contributed by atoms with E-state index in [0.717, 1.165) is 12.3 Å². The fraction of sp³-hybridized carbons (Fsp3) is 0.684. The molecular formula is C19H28N2O. The number of hydrogen-bond acceptors (Lipinski definition) is 3. The second-order valence-electron chi connectivity index (χ2n) is 7.52. The molecule has 1 N–H and O–H groups in total. The van der Waals surface area contributed by atoms with Crippen molar-refractivity contribution in [1.29, 1.82) is 0 Å². The van der Waals surface area contributed by atoms with Crippen LogP contribution in [0.5, 0.6) is 5.75 Å². The van der Waals surface area contributed by atoms with Gasteiger partial charge in [0.25, 0.3) is 0 Å². The van der Waals surface area contributed by atoms with Crippen LogP contribution >= 0.6 is 0 Å². The number of rotatable bonds is 4.